The van der Waals surface area contributed by atoms with Gasteiger partial charge in [-0.05, 0) is 42.1 Å². The normalized spacial score (nSPS) is 13.1. The zero-order valence-electron chi connectivity index (χ0n) is 19.1. The molecule has 1 amide bonds. The van der Waals surface area contributed by atoms with Crippen LogP contribution in [0.1, 0.15) is 39.2 Å². The number of nitrogens with one attached hydrogen (secondary N) is 1. The number of aryl methyl sites for hydroxylation is 1. The van der Waals surface area contributed by atoms with Crippen molar-refractivity contribution in [3.8, 4) is 0 Å². The van der Waals surface area contributed by atoms with Crippen LogP contribution in [-0.4, -0.2) is 27.9 Å². The number of rotatable bonds is 6. The van der Waals surface area contributed by atoms with E-state index >= 15 is 0 Å². The molecule has 0 spiro atoms. The highest BCUT2D eigenvalue weighted by Crippen LogP contribution is 2.50. The lowest BCUT2D eigenvalue weighted by Gasteiger charge is -2.33. The van der Waals surface area contributed by atoms with E-state index in [1.807, 2.05) is 6.92 Å². The van der Waals surface area contributed by atoms with E-state index in [9.17, 15) is 41.0 Å². The smallest absolute Gasteiger partial charge is 0.369 e. The topological polar surface area (TPSA) is 71.3 Å². The van der Waals surface area contributed by atoms with E-state index in [4.69, 9.17) is 0 Å². The van der Waals surface area contributed by atoms with Crippen LogP contribution >= 0.6 is 0 Å². The Morgan fingerprint density at radius 1 is 0.971 bits per heavy atom. The van der Waals surface area contributed by atoms with Gasteiger partial charge in [0.1, 0.15) is 0 Å². The summed E-state index contributed by atoms with van der Waals surface area (Å²) in [4.78, 5) is 25.3. The molecule has 0 saturated carbocycles. The summed E-state index contributed by atoms with van der Waals surface area (Å²) in [6, 6.07) is 6.24. The number of fused-ring (bicyclic) bond motifs is 3. The van der Waals surface area contributed by atoms with Gasteiger partial charge in [-0.1, -0.05) is 33.3 Å². The summed E-state index contributed by atoms with van der Waals surface area (Å²) in [6.45, 7) is 5.33. The second-order valence-electron chi connectivity index (χ2n) is 8.65. The van der Waals surface area contributed by atoms with Crippen LogP contribution in [0.25, 0.3) is 21.7 Å². The highest BCUT2D eigenvalue weighted by Gasteiger charge is 2.71. The lowest BCUT2D eigenvalue weighted by atomic mass is 9.90. The first kappa shape index (κ1) is 26.5. The summed E-state index contributed by atoms with van der Waals surface area (Å²) in [5.74, 6) is -0.765. The number of hydrogen-bond donors (Lipinski definition) is 2. The number of aliphatic hydroxyl groups is 1. The maximum Gasteiger partial charge on any atom is 0.430 e. The van der Waals surface area contributed by atoms with Crippen LogP contribution < -0.4 is 10.9 Å². The van der Waals surface area contributed by atoms with Crippen molar-refractivity contribution in [2.75, 3.05) is 5.32 Å². The Morgan fingerprint density at radius 3 is 2.14 bits per heavy atom. The SMILES string of the molecule is CCCCn1c(=O)c2ccc(NC(=O)C(C)C)cc2c2cc(C(O)(C(F)(F)F)C(F)(F)F)ccc21. The van der Waals surface area contributed by atoms with Crippen LogP contribution in [0.15, 0.2) is 41.2 Å². The van der Waals surface area contributed by atoms with E-state index in [0.29, 0.717) is 25.0 Å². The molecule has 190 valence electrons. The zero-order valence-corrected chi connectivity index (χ0v) is 19.1. The van der Waals surface area contributed by atoms with Crippen LogP contribution in [0, 0.1) is 5.92 Å². The molecule has 5 nitrogen and oxygen atoms in total. The molecular weight excluding hydrogens is 478 g/mol. The molecule has 35 heavy (non-hydrogen) atoms. The van der Waals surface area contributed by atoms with E-state index in [-0.39, 0.29) is 39.8 Å². The van der Waals surface area contributed by atoms with Gasteiger partial charge < -0.3 is 15.0 Å². The molecule has 3 rings (SSSR count). The van der Waals surface area contributed by atoms with Gasteiger partial charge >= 0.3 is 12.4 Å². The van der Waals surface area contributed by atoms with Crippen molar-refractivity contribution in [3.05, 3.63) is 52.3 Å². The molecule has 0 bridgehead atoms. The Labute approximate surface area is 196 Å². The fourth-order valence-corrected chi connectivity index (χ4v) is 3.81. The van der Waals surface area contributed by atoms with E-state index in [1.165, 1.54) is 22.8 Å². The molecule has 0 saturated heterocycles. The van der Waals surface area contributed by atoms with E-state index in [0.717, 1.165) is 6.07 Å². The summed E-state index contributed by atoms with van der Waals surface area (Å²) in [5, 5.41) is 12.5. The van der Waals surface area contributed by atoms with E-state index < -0.39 is 35.0 Å². The van der Waals surface area contributed by atoms with Crippen LogP contribution in [0.2, 0.25) is 0 Å². The molecule has 2 aromatic carbocycles. The van der Waals surface area contributed by atoms with Crippen LogP contribution in [0.3, 0.4) is 0 Å². The summed E-state index contributed by atoms with van der Waals surface area (Å²) < 4.78 is 82.4. The average molecular weight is 502 g/mol. The molecule has 3 aromatic rings. The molecule has 0 atom stereocenters. The van der Waals surface area contributed by atoms with Gasteiger partial charge in [-0.15, -0.1) is 0 Å². The van der Waals surface area contributed by atoms with Gasteiger partial charge in [0.25, 0.3) is 11.2 Å². The molecule has 0 fully saturated rings. The summed E-state index contributed by atoms with van der Waals surface area (Å²) in [5.41, 5.74) is -6.69. The standard InChI is InChI=1S/C24H24F6N2O3/c1-4-5-10-32-19-9-6-14(22(35,23(25,26)27)24(28,29)30)11-18(19)17-12-15(31-20(33)13(2)3)7-8-16(17)21(32)34/h6-9,11-13,35H,4-5,10H2,1-3H3,(H,31,33). The quantitative estimate of drug-likeness (QED) is 0.328. The number of carbonyl (C=O) groups excluding carboxylic acids is 1. The molecule has 0 aliphatic rings. The zero-order chi connectivity index (χ0) is 26.3. The third kappa shape index (κ3) is 4.61. The molecular formula is C24H24F6N2O3. The van der Waals surface area contributed by atoms with Crippen LogP contribution in [0.4, 0.5) is 32.0 Å². The highest BCUT2D eigenvalue weighted by molar-refractivity contribution is 6.08. The van der Waals surface area contributed by atoms with Gasteiger partial charge in [0, 0.05) is 34.5 Å². The second kappa shape index (κ2) is 9.18. The second-order valence-corrected chi connectivity index (χ2v) is 8.65. The number of halogens is 6. The highest BCUT2D eigenvalue weighted by atomic mass is 19.4. The van der Waals surface area contributed by atoms with Gasteiger partial charge in [-0.25, -0.2) is 0 Å². The van der Waals surface area contributed by atoms with Crippen molar-refractivity contribution in [1.29, 1.82) is 0 Å². The third-order valence-corrected chi connectivity index (χ3v) is 5.84. The fourth-order valence-electron chi connectivity index (χ4n) is 3.81. The molecule has 0 unspecified atom stereocenters. The molecule has 0 aliphatic heterocycles. The van der Waals surface area contributed by atoms with Crippen molar-refractivity contribution in [1.82, 2.24) is 4.57 Å². The molecule has 0 radical (unpaired) electrons. The number of pyridine rings is 1. The van der Waals surface area contributed by atoms with Crippen molar-refractivity contribution in [3.63, 3.8) is 0 Å². The maximum atomic E-state index is 13.5. The minimum Gasteiger partial charge on any atom is -0.369 e. The third-order valence-electron chi connectivity index (χ3n) is 5.84. The van der Waals surface area contributed by atoms with Crippen LogP contribution in [0.5, 0.6) is 0 Å². The summed E-state index contributed by atoms with van der Waals surface area (Å²) in [6.07, 6.45) is -10.9. The van der Waals surface area contributed by atoms with Crippen molar-refractivity contribution in [2.45, 2.75) is 58.1 Å². The number of benzene rings is 2. The average Bonchev–Trinajstić information content (AvgIpc) is 2.76. The number of hydrogen-bond acceptors (Lipinski definition) is 3. The van der Waals surface area contributed by atoms with E-state index in [1.54, 1.807) is 13.8 Å². The minimum atomic E-state index is -6.05. The fraction of sp³-hybridized carbons (Fsp3) is 0.417. The summed E-state index contributed by atoms with van der Waals surface area (Å²) >= 11 is 0. The monoisotopic (exact) mass is 502 g/mol. The lowest BCUT2D eigenvalue weighted by molar-refractivity contribution is -0.376. The Bertz CT molecular complexity index is 1310. The van der Waals surface area contributed by atoms with E-state index in [2.05, 4.69) is 5.32 Å². The minimum absolute atomic E-state index is 0.0489. The van der Waals surface area contributed by atoms with Gasteiger partial charge in [0.15, 0.2) is 0 Å². The van der Waals surface area contributed by atoms with Gasteiger partial charge in [0.2, 0.25) is 5.91 Å². The summed E-state index contributed by atoms with van der Waals surface area (Å²) in [7, 11) is 0. The first-order valence-electron chi connectivity index (χ1n) is 10.9. The predicted octanol–water partition coefficient (Wildman–Crippen LogP) is 5.86. The molecule has 1 aromatic heterocycles. The number of alkyl halides is 6. The van der Waals surface area contributed by atoms with Crippen molar-refractivity contribution in [2.24, 2.45) is 5.92 Å². The number of unbranched alkanes of at least 4 members (excludes halogenated alkanes) is 1. The van der Waals surface area contributed by atoms with Crippen molar-refractivity contribution < 1.29 is 36.2 Å². The molecule has 1 heterocycles. The van der Waals surface area contributed by atoms with Gasteiger partial charge in [0.05, 0.1) is 5.52 Å². The lowest BCUT2D eigenvalue weighted by Crippen LogP contribution is -2.53. The molecule has 11 heteroatoms. The van der Waals surface area contributed by atoms with Crippen molar-refractivity contribution >= 4 is 33.3 Å². The number of carbonyl (C=O) groups is 1. The van der Waals surface area contributed by atoms with Gasteiger partial charge in [-0.2, -0.15) is 26.3 Å². The predicted molar refractivity (Wildman–Crippen MR) is 120 cm³/mol. The number of amides is 1. The maximum absolute atomic E-state index is 13.5. The number of nitrogens with zero attached hydrogens (tertiary/aromatic N) is 1. The first-order chi connectivity index (χ1) is 16.1. The van der Waals surface area contributed by atoms with Gasteiger partial charge in [-0.3, -0.25) is 9.59 Å². The number of aromatic nitrogens is 1. The Kier molecular flexibility index (Phi) is 6.95. The number of anilines is 1. The first-order valence-corrected chi connectivity index (χ1v) is 10.9. The molecule has 0 aliphatic carbocycles. The Hall–Kier alpha value is -3.08. The van der Waals surface area contributed by atoms with Crippen LogP contribution in [-0.2, 0) is 16.9 Å². The Balaban J connectivity index is 2.41. The Morgan fingerprint density at radius 2 is 1.60 bits per heavy atom. The molecule has 2 N–H and O–H groups in total. The largest absolute Gasteiger partial charge is 0.430 e.